The lowest BCUT2D eigenvalue weighted by atomic mass is 10.3. The third-order valence-corrected chi connectivity index (χ3v) is 1.66. The Morgan fingerprint density at radius 3 is 3.00 bits per heavy atom. The van der Waals surface area contributed by atoms with Crippen molar-refractivity contribution in [3.05, 3.63) is 16.8 Å². The van der Waals surface area contributed by atoms with Crippen molar-refractivity contribution in [2.24, 2.45) is 0 Å². The van der Waals surface area contributed by atoms with E-state index in [9.17, 15) is 0 Å². The molecule has 3 nitrogen and oxygen atoms in total. The molecule has 5 heteroatoms. The second-order valence-electron chi connectivity index (χ2n) is 2.24. The van der Waals surface area contributed by atoms with Crippen molar-refractivity contribution < 1.29 is 0 Å². The quantitative estimate of drug-likeness (QED) is 0.548. The number of nitrogens with zero attached hydrogens (tertiary/aromatic N) is 2. The summed E-state index contributed by atoms with van der Waals surface area (Å²) in [5.74, 6) is 6.75. The van der Waals surface area contributed by atoms with Crippen LogP contribution in [0.1, 0.15) is 12.0 Å². The topological polar surface area (TPSA) is 51.8 Å². The molecule has 0 radical (unpaired) electrons. The molecule has 0 spiro atoms. The fourth-order valence-electron chi connectivity index (χ4n) is 0.691. The highest BCUT2D eigenvalue weighted by Gasteiger charge is 1.98. The fraction of sp³-hybridized carbons (Fsp3) is 0.250. The summed E-state index contributed by atoms with van der Waals surface area (Å²) in [6.45, 7) is 0. The minimum absolute atomic E-state index is 0.296. The summed E-state index contributed by atoms with van der Waals surface area (Å²) >= 11 is 9.64. The predicted molar refractivity (Wildman–Crippen MR) is 56.8 cm³/mol. The molecule has 1 aromatic heterocycles. The van der Waals surface area contributed by atoms with E-state index in [0.717, 1.165) is 5.75 Å². The first kappa shape index (κ1) is 10.2. The summed E-state index contributed by atoms with van der Waals surface area (Å²) < 4.78 is 0. The molecule has 0 unspecified atom stereocenters. The van der Waals surface area contributed by atoms with Crippen molar-refractivity contribution in [2.45, 2.75) is 6.42 Å². The van der Waals surface area contributed by atoms with Crippen LogP contribution in [-0.2, 0) is 0 Å². The average molecular weight is 214 g/mol. The Labute approximate surface area is 87.1 Å². The number of nitrogen functional groups attached to an aromatic ring is 1. The van der Waals surface area contributed by atoms with Crippen molar-refractivity contribution in [3.8, 4) is 11.8 Å². The van der Waals surface area contributed by atoms with Gasteiger partial charge in [0.15, 0.2) is 11.0 Å². The van der Waals surface area contributed by atoms with Gasteiger partial charge in [-0.15, -0.1) is 10.2 Å². The SMILES string of the molecule is Nc1nnc(Cl)cc1C#CCCS. The molecule has 0 atom stereocenters. The summed E-state index contributed by atoms with van der Waals surface area (Å²) in [6, 6.07) is 1.59. The van der Waals surface area contributed by atoms with Gasteiger partial charge >= 0.3 is 0 Å². The number of nitrogens with two attached hydrogens (primary N) is 1. The number of anilines is 1. The van der Waals surface area contributed by atoms with Crippen LogP contribution in [0.3, 0.4) is 0 Å². The Morgan fingerprint density at radius 2 is 2.31 bits per heavy atom. The molecule has 0 saturated carbocycles. The molecule has 68 valence electrons. The van der Waals surface area contributed by atoms with Crippen LogP contribution in [0.5, 0.6) is 0 Å². The van der Waals surface area contributed by atoms with Crippen molar-refractivity contribution in [3.63, 3.8) is 0 Å². The number of rotatable bonds is 1. The van der Waals surface area contributed by atoms with E-state index in [2.05, 4.69) is 34.7 Å². The second-order valence-corrected chi connectivity index (χ2v) is 3.08. The Morgan fingerprint density at radius 1 is 1.54 bits per heavy atom. The molecule has 0 aromatic carbocycles. The van der Waals surface area contributed by atoms with Crippen LogP contribution in [-0.4, -0.2) is 16.0 Å². The van der Waals surface area contributed by atoms with E-state index >= 15 is 0 Å². The summed E-state index contributed by atoms with van der Waals surface area (Å²) in [5.41, 5.74) is 6.13. The van der Waals surface area contributed by atoms with Crippen LogP contribution in [0.4, 0.5) is 5.82 Å². The third kappa shape index (κ3) is 3.13. The lowest BCUT2D eigenvalue weighted by Crippen LogP contribution is -1.96. The van der Waals surface area contributed by atoms with E-state index in [0.29, 0.717) is 23.0 Å². The molecule has 0 aliphatic heterocycles. The maximum absolute atomic E-state index is 5.62. The lowest BCUT2D eigenvalue weighted by molar-refractivity contribution is 1.04. The van der Waals surface area contributed by atoms with Crippen LogP contribution in [0.2, 0.25) is 5.15 Å². The largest absolute Gasteiger partial charge is 0.381 e. The predicted octanol–water partition coefficient (Wildman–Crippen LogP) is 1.38. The molecule has 0 fully saturated rings. The van der Waals surface area contributed by atoms with E-state index in [1.54, 1.807) is 6.07 Å². The van der Waals surface area contributed by atoms with Crippen LogP contribution < -0.4 is 5.73 Å². The van der Waals surface area contributed by atoms with Crippen molar-refractivity contribution in [1.82, 2.24) is 10.2 Å². The minimum Gasteiger partial charge on any atom is -0.381 e. The standard InChI is InChI=1S/C8H8ClN3S/c9-7-5-6(3-1-2-4-13)8(10)12-11-7/h5,13H,2,4H2,(H2,10,12). The maximum atomic E-state index is 5.62. The number of halogens is 1. The van der Waals surface area contributed by atoms with Gasteiger partial charge in [-0.3, -0.25) is 0 Å². The van der Waals surface area contributed by atoms with Gasteiger partial charge in [-0.05, 0) is 6.07 Å². The molecule has 0 bridgehead atoms. The number of thiol groups is 1. The Balaban J connectivity index is 2.89. The monoisotopic (exact) mass is 213 g/mol. The number of hydrogen-bond donors (Lipinski definition) is 2. The average Bonchev–Trinajstić information content (AvgIpc) is 2.11. The van der Waals surface area contributed by atoms with Crippen molar-refractivity contribution in [2.75, 3.05) is 11.5 Å². The van der Waals surface area contributed by atoms with Crippen LogP contribution in [0, 0.1) is 11.8 Å². The van der Waals surface area contributed by atoms with Crippen LogP contribution in [0.15, 0.2) is 6.07 Å². The van der Waals surface area contributed by atoms with Crippen LogP contribution >= 0.6 is 24.2 Å². The highest BCUT2D eigenvalue weighted by Crippen LogP contribution is 2.10. The fourth-order valence-corrected chi connectivity index (χ4v) is 0.950. The highest BCUT2D eigenvalue weighted by molar-refractivity contribution is 7.80. The van der Waals surface area contributed by atoms with Crippen molar-refractivity contribution in [1.29, 1.82) is 0 Å². The molecule has 1 heterocycles. The zero-order valence-electron chi connectivity index (χ0n) is 6.79. The van der Waals surface area contributed by atoms with Gasteiger partial charge in [0.2, 0.25) is 0 Å². The number of aromatic nitrogens is 2. The summed E-state index contributed by atoms with van der Waals surface area (Å²) in [6.07, 6.45) is 0.711. The molecule has 1 aromatic rings. The molecule has 13 heavy (non-hydrogen) atoms. The maximum Gasteiger partial charge on any atom is 0.162 e. The molecular weight excluding hydrogens is 206 g/mol. The highest BCUT2D eigenvalue weighted by atomic mass is 35.5. The van der Waals surface area contributed by atoms with Gasteiger partial charge in [0.25, 0.3) is 0 Å². The number of hydrogen-bond acceptors (Lipinski definition) is 4. The van der Waals surface area contributed by atoms with Gasteiger partial charge in [0.05, 0.1) is 5.56 Å². The summed E-state index contributed by atoms with van der Waals surface area (Å²) in [5, 5.41) is 7.50. The van der Waals surface area contributed by atoms with E-state index in [4.69, 9.17) is 17.3 Å². The van der Waals surface area contributed by atoms with E-state index < -0.39 is 0 Å². The molecule has 0 aliphatic rings. The van der Waals surface area contributed by atoms with Gasteiger partial charge in [-0.25, -0.2) is 0 Å². The molecular formula is C8H8ClN3S. The molecule has 0 amide bonds. The zero-order valence-corrected chi connectivity index (χ0v) is 8.44. The Hall–Kier alpha value is -0.920. The third-order valence-electron chi connectivity index (χ3n) is 1.25. The van der Waals surface area contributed by atoms with E-state index in [-0.39, 0.29) is 0 Å². The van der Waals surface area contributed by atoms with E-state index in [1.807, 2.05) is 0 Å². The van der Waals surface area contributed by atoms with Crippen molar-refractivity contribution >= 4 is 30.0 Å². The molecule has 2 N–H and O–H groups in total. The van der Waals surface area contributed by atoms with Gasteiger partial charge in [0.1, 0.15) is 0 Å². The summed E-state index contributed by atoms with van der Waals surface area (Å²) in [7, 11) is 0. The first-order valence-electron chi connectivity index (χ1n) is 3.62. The van der Waals surface area contributed by atoms with Gasteiger partial charge in [-0.1, -0.05) is 23.4 Å². The normalized spacial score (nSPS) is 9.08. The second kappa shape index (κ2) is 4.95. The zero-order chi connectivity index (χ0) is 9.68. The van der Waals surface area contributed by atoms with E-state index in [1.165, 1.54) is 0 Å². The first-order chi connectivity index (χ1) is 6.24. The smallest absolute Gasteiger partial charge is 0.162 e. The minimum atomic E-state index is 0.296. The van der Waals surface area contributed by atoms with Crippen LogP contribution in [0.25, 0.3) is 0 Å². The Bertz CT molecular complexity index is 356. The lowest BCUT2D eigenvalue weighted by Gasteiger charge is -1.94. The molecule has 0 saturated heterocycles. The Kier molecular flexibility index (Phi) is 3.87. The van der Waals surface area contributed by atoms with Gasteiger partial charge in [-0.2, -0.15) is 12.6 Å². The molecule has 0 aliphatic carbocycles. The molecule has 1 rings (SSSR count). The van der Waals surface area contributed by atoms with Gasteiger partial charge < -0.3 is 5.73 Å². The van der Waals surface area contributed by atoms with Gasteiger partial charge in [0, 0.05) is 12.2 Å². The summed E-state index contributed by atoms with van der Waals surface area (Å²) in [4.78, 5) is 0. The first-order valence-corrected chi connectivity index (χ1v) is 4.63.